The molecule has 0 fully saturated rings. The Labute approximate surface area is 207 Å². The molecule has 3 aromatic rings. The minimum absolute atomic E-state index is 0.0399. The molecule has 0 aromatic heterocycles. The fourth-order valence-corrected chi connectivity index (χ4v) is 4.95. The predicted molar refractivity (Wildman–Crippen MR) is 139 cm³/mol. The van der Waals surface area contributed by atoms with Gasteiger partial charge in [0, 0.05) is 25.0 Å². The third-order valence-electron chi connectivity index (χ3n) is 5.05. The second-order valence-electron chi connectivity index (χ2n) is 7.61. The third-order valence-corrected chi connectivity index (χ3v) is 7.47. The molecule has 0 saturated carbocycles. The summed E-state index contributed by atoms with van der Waals surface area (Å²) >= 11 is -4.83. The van der Waals surface area contributed by atoms with Gasteiger partial charge in [-0.05, 0) is 30.3 Å². The van der Waals surface area contributed by atoms with Crippen LogP contribution in [-0.2, 0) is 12.4 Å². The number of hydrogen-bond donors (Lipinski definition) is 3. The van der Waals surface area contributed by atoms with Crippen LogP contribution in [0.3, 0.4) is 0 Å². The van der Waals surface area contributed by atoms with Crippen LogP contribution in [0, 0.1) is 0 Å². The molecule has 0 spiro atoms. The fraction of sp³-hybridized carbons (Fsp3) is 0.115. The average Bonchev–Trinajstić information content (AvgIpc) is 3.05. The van der Waals surface area contributed by atoms with E-state index in [0.717, 1.165) is 13.1 Å². The molecule has 1 amide bonds. The number of fused-ring (bicyclic) bond motifs is 1. The summed E-state index contributed by atoms with van der Waals surface area (Å²) in [6.07, 6.45) is 6.29. The standard InChI is InChI=1S/C18H18N2.C8H10AsNO5/c1-2-13-19-14-8-15-20(16-9-4-3-5-10-16)18-12-7-6-11-17(18)19;1-6(11)10-8-4-2-3-7(5-8)9(12,13)15-14/h2-12,15H,1,13-14H2;2-5,14H,1H3,(H,10,11)(H,12,13). The summed E-state index contributed by atoms with van der Waals surface area (Å²) in [5.74, 6) is -0.294. The van der Waals surface area contributed by atoms with E-state index in [9.17, 15) is 12.6 Å². The Morgan fingerprint density at radius 3 is 2.43 bits per heavy atom. The number of benzene rings is 3. The number of carbonyl (C=O) groups is 1. The first-order valence-corrected chi connectivity index (χ1v) is 14.2. The van der Waals surface area contributed by atoms with Crippen LogP contribution >= 0.6 is 0 Å². The number of rotatable bonds is 6. The van der Waals surface area contributed by atoms with Crippen molar-refractivity contribution in [3.05, 3.63) is 104 Å². The monoisotopic (exact) mass is 537 g/mol. The van der Waals surface area contributed by atoms with Gasteiger partial charge in [-0.3, -0.25) is 0 Å². The Balaban J connectivity index is 0.000000205. The van der Waals surface area contributed by atoms with Gasteiger partial charge in [0.05, 0.1) is 11.4 Å². The molecular weight excluding hydrogens is 509 g/mol. The van der Waals surface area contributed by atoms with Gasteiger partial charge in [0.1, 0.15) is 0 Å². The zero-order valence-electron chi connectivity index (χ0n) is 19.3. The molecule has 1 atom stereocenters. The van der Waals surface area contributed by atoms with E-state index >= 15 is 0 Å². The van der Waals surface area contributed by atoms with Gasteiger partial charge in [0.15, 0.2) is 0 Å². The van der Waals surface area contributed by atoms with Crippen LogP contribution < -0.4 is 19.5 Å². The second kappa shape index (κ2) is 12.2. The zero-order valence-corrected chi connectivity index (χ0v) is 21.2. The van der Waals surface area contributed by atoms with E-state index in [-0.39, 0.29) is 10.3 Å². The molecule has 0 aliphatic carbocycles. The fourth-order valence-electron chi connectivity index (χ4n) is 3.55. The molecule has 3 N–H and O–H groups in total. The van der Waals surface area contributed by atoms with Crippen molar-refractivity contribution in [2.24, 2.45) is 0 Å². The van der Waals surface area contributed by atoms with Crippen LogP contribution in [0.1, 0.15) is 6.92 Å². The number of nitrogens with one attached hydrogen (secondary N) is 1. The maximum absolute atomic E-state index is 11.3. The van der Waals surface area contributed by atoms with Crippen LogP contribution in [0.25, 0.3) is 0 Å². The molecule has 1 heterocycles. The molecule has 0 saturated heterocycles. The molecule has 0 bridgehead atoms. The van der Waals surface area contributed by atoms with E-state index in [1.54, 1.807) is 6.07 Å². The summed E-state index contributed by atoms with van der Waals surface area (Å²) in [5, 5.41) is 10.7. The van der Waals surface area contributed by atoms with Crippen molar-refractivity contribution in [2.75, 3.05) is 28.2 Å². The number of amides is 1. The topological polar surface area (TPSA) is 102 Å². The molecule has 0 radical (unpaired) electrons. The van der Waals surface area contributed by atoms with Crippen LogP contribution in [0.5, 0.6) is 0 Å². The molecule has 8 nitrogen and oxygen atoms in total. The van der Waals surface area contributed by atoms with Crippen molar-refractivity contribution >= 4 is 47.2 Å². The van der Waals surface area contributed by atoms with Gasteiger partial charge < -0.3 is 9.80 Å². The average molecular weight is 537 g/mol. The molecule has 3 aromatic carbocycles. The number of nitrogens with zero attached hydrogens (tertiary/aromatic N) is 2. The number of para-hydroxylation sites is 3. The number of anilines is 4. The SMILES string of the molecule is C=CCN1CC=CN(c2ccccc2)c2ccccc21.CC(=O)Nc1cccc([As](=O)(O)OO)c1. The Morgan fingerprint density at radius 2 is 1.77 bits per heavy atom. The Bertz CT molecular complexity index is 1230. The summed E-state index contributed by atoms with van der Waals surface area (Å²) in [6.45, 7) is 6.92. The maximum atomic E-state index is 11.3. The van der Waals surface area contributed by atoms with Crippen molar-refractivity contribution < 1.29 is 21.8 Å². The van der Waals surface area contributed by atoms with Gasteiger partial charge in [-0.25, -0.2) is 0 Å². The van der Waals surface area contributed by atoms with Crippen molar-refractivity contribution in [1.29, 1.82) is 0 Å². The van der Waals surface area contributed by atoms with Crippen molar-refractivity contribution in [3.8, 4) is 0 Å². The van der Waals surface area contributed by atoms with Gasteiger partial charge >= 0.3 is 88.4 Å². The molecule has 182 valence electrons. The van der Waals surface area contributed by atoms with E-state index < -0.39 is 14.2 Å². The summed E-state index contributed by atoms with van der Waals surface area (Å²) in [5.41, 5.74) is 3.99. The minimum atomic E-state index is -4.83. The van der Waals surface area contributed by atoms with Crippen molar-refractivity contribution in [3.63, 3.8) is 0 Å². The zero-order chi connectivity index (χ0) is 25.3. The van der Waals surface area contributed by atoms with E-state index in [4.69, 9.17) is 5.26 Å². The molecule has 1 unspecified atom stereocenters. The van der Waals surface area contributed by atoms with Crippen LogP contribution in [0.2, 0.25) is 0 Å². The Morgan fingerprint density at radius 1 is 1.09 bits per heavy atom. The van der Waals surface area contributed by atoms with E-state index in [0.29, 0.717) is 5.69 Å². The van der Waals surface area contributed by atoms with Gasteiger partial charge in [-0.15, -0.1) is 6.58 Å². The Hall–Kier alpha value is -3.55. The Kier molecular flexibility index (Phi) is 9.11. The molecular formula is C26H28AsN3O5. The third kappa shape index (κ3) is 6.97. The van der Waals surface area contributed by atoms with E-state index in [1.807, 2.05) is 12.1 Å². The van der Waals surface area contributed by atoms with Gasteiger partial charge in [0.25, 0.3) is 0 Å². The van der Waals surface area contributed by atoms with Crippen molar-refractivity contribution in [1.82, 2.24) is 0 Å². The summed E-state index contributed by atoms with van der Waals surface area (Å²) in [6, 6.07) is 24.6. The first kappa shape index (κ1) is 26.1. The van der Waals surface area contributed by atoms with E-state index in [2.05, 4.69) is 86.4 Å². The molecule has 1 aliphatic heterocycles. The molecule has 9 heteroatoms. The molecule has 4 rings (SSSR count). The van der Waals surface area contributed by atoms with E-state index in [1.165, 1.54) is 42.2 Å². The second-order valence-corrected chi connectivity index (χ2v) is 11.2. The van der Waals surface area contributed by atoms with Gasteiger partial charge in [-0.1, -0.05) is 36.4 Å². The molecule has 35 heavy (non-hydrogen) atoms. The van der Waals surface area contributed by atoms with Crippen molar-refractivity contribution in [2.45, 2.75) is 6.92 Å². The number of hydrogen-bond acceptors (Lipinski definition) is 6. The predicted octanol–water partition coefficient (Wildman–Crippen LogP) is 4.05. The quantitative estimate of drug-likeness (QED) is 0.189. The molecule has 1 aliphatic rings. The van der Waals surface area contributed by atoms with Gasteiger partial charge in [-0.2, -0.15) is 0 Å². The summed E-state index contributed by atoms with van der Waals surface area (Å²) in [7, 11) is 0. The summed E-state index contributed by atoms with van der Waals surface area (Å²) < 4.78 is 23.9. The first-order chi connectivity index (χ1) is 16.9. The van der Waals surface area contributed by atoms with Crippen LogP contribution in [0.15, 0.2) is 104 Å². The van der Waals surface area contributed by atoms with Crippen LogP contribution in [0.4, 0.5) is 22.7 Å². The summed E-state index contributed by atoms with van der Waals surface area (Å²) in [4.78, 5) is 15.3. The normalized spacial score (nSPS) is 14.0. The van der Waals surface area contributed by atoms with Crippen LogP contribution in [-0.4, -0.2) is 42.5 Å². The number of carbonyl (C=O) groups excluding carboxylic acids is 1. The first-order valence-electron chi connectivity index (χ1n) is 10.9. The van der Waals surface area contributed by atoms with Gasteiger partial charge in [0.2, 0.25) is 0 Å².